The van der Waals surface area contributed by atoms with Gasteiger partial charge in [-0.15, -0.1) is 0 Å². The van der Waals surface area contributed by atoms with Crippen molar-refractivity contribution in [1.82, 2.24) is 5.32 Å². The van der Waals surface area contributed by atoms with Crippen LogP contribution in [0.25, 0.3) is 11.0 Å². The van der Waals surface area contributed by atoms with E-state index in [-0.39, 0.29) is 35.0 Å². The first-order chi connectivity index (χ1) is 17.1. The number of carbonyl (C=O) groups excluding carboxylic acids is 2. The maximum atomic E-state index is 12.6. The minimum absolute atomic E-state index is 0.0321. The average Bonchev–Trinajstić information content (AvgIpc) is 2.82. The predicted octanol–water partition coefficient (Wildman–Crippen LogP) is 5.90. The van der Waals surface area contributed by atoms with E-state index < -0.39 is 17.5 Å². The molecule has 0 aliphatic heterocycles. The van der Waals surface area contributed by atoms with Gasteiger partial charge in [-0.2, -0.15) is 0 Å². The van der Waals surface area contributed by atoms with Gasteiger partial charge in [0.05, 0.1) is 0 Å². The average molecular weight is 556 g/mol. The van der Waals surface area contributed by atoms with E-state index in [0.29, 0.717) is 11.1 Å². The Bertz CT molecular complexity index is 1330. The molecule has 0 unspecified atom stereocenters. The zero-order valence-electron chi connectivity index (χ0n) is 20.7. The smallest absolute Gasteiger partial charge is 0.349 e. The molecule has 4 rings (SSSR count). The third-order valence-electron chi connectivity index (χ3n) is 6.22. The number of fused-ring (bicyclic) bond motifs is 1. The summed E-state index contributed by atoms with van der Waals surface area (Å²) in [6.45, 7) is 5.91. The molecule has 0 spiro atoms. The van der Waals surface area contributed by atoms with Gasteiger partial charge in [-0.05, 0) is 54.7 Å². The Balaban J connectivity index is 1.43. The van der Waals surface area contributed by atoms with E-state index in [4.69, 9.17) is 13.9 Å². The molecule has 2 aromatic carbocycles. The van der Waals surface area contributed by atoms with Gasteiger partial charge in [-0.1, -0.05) is 56.0 Å². The lowest BCUT2D eigenvalue weighted by Crippen LogP contribution is -2.38. The largest absolute Gasteiger partial charge is 0.482 e. The number of nitrogens with one attached hydrogen (secondary N) is 1. The van der Waals surface area contributed by atoms with Crippen molar-refractivity contribution in [3.63, 3.8) is 0 Å². The van der Waals surface area contributed by atoms with Crippen LogP contribution in [0.2, 0.25) is 0 Å². The van der Waals surface area contributed by atoms with Crippen LogP contribution in [0.1, 0.15) is 68.8 Å². The van der Waals surface area contributed by atoms with Crippen LogP contribution in [-0.4, -0.2) is 24.5 Å². The molecule has 3 aromatic rings. The van der Waals surface area contributed by atoms with Crippen LogP contribution < -0.4 is 20.4 Å². The first kappa shape index (κ1) is 25.9. The second kappa shape index (κ2) is 10.9. The topological polar surface area (TPSA) is 94.8 Å². The monoisotopic (exact) mass is 555 g/mol. The molecule has 0 bridgehead atoms. The standard InChI is InChI=1S/C28H30BrNO6/c1-28(2,3)22-14-18(29)10-12-23(22)34-16-25(31)35-20-11-9-17-13-21(27(33)36-24(17)15-20)26(32)30-19-7-5-4-6-8-19/h9-15,19H,4-8,16H2,1-3H3,(H,30,32). The van der Waals surface area contributed by atoms with Crippen LogP contribution >= 0.6 is 15.9 Å². The van der Waals surface area contributed by atoms with Crippen molar-refractivity contribution in [2.24, 2.45) is 0 Å². The lowest BCUT2D eigenvalue weighted by Gasteiger charge is -2.23. The molecule has 1 aliphatic rings. The molecule has 1 amide bonds. The maximum absolute atomic E-state index is 12.6. The van der Waals surface area contributed by atoms with E-state index in [9.17, 15) is 14.4 Å². The fraction of sp³-hybridized carbons (Fsp3) is 0.393. The summed E-state index contributed by atoms with van der Waals surface area (Å²) < 4.78 is 17.4. The van der Waals surface area contributed by atoms with Crippen molar-refractivity contribution in [2.45, 2.75) is 64.3 Å². The third-order valence-corrected chi connectivity index (χ3v) is 6.71. The van der Waals surface area contributed by atoms with Gasteiger partial charge >= 0.3 is 11.6 Å². The minimum atomic E-state index is -0.729. The van der Waals surface area contributed by atoms with Crippen molar-refractivity contribution in [1.29, 1.82) is 0 Å². The van der Waals surface area contributed by atoms with Gasteiger partial charge < -0.3 is 19.2 Å². The molecular formula is C28H30BrNO6. The number of rotatable bonds is 6. The van der Waals surface area contributed by atoms with Gasteiger partial charge in [0.25, 0.3) is 5.91 Å². The molecule has 1 N–H and O–H groups in total. The Labute approximate surface area is 218 Å². The van der Waals surface area contributed by atoms with Gasteiger partial charge in [-0.3, -0.25) is 4.79 Å². The number of carbonyl (C=O) groups is 2. The molecule has 1 fully saturated rings. The van der Waals surface area contributed by atoms with Crippen molar-refractivity contribution in [3.8, 4) is 11.5 Å². The van der Waals surface area contributed by atoms with E-state index in [0.717, 1.165) is 35.7 Å². The van der Waals surface area contributed by atoms with E-state index in [2.05, 4.69) is 42.0 Å². The summed E-state index contributed by atoms with van der Waals surface area (Å²) in [7, 11) is 0. The SMILES string of the molecule is CC(C)(C)c1cc(Br)ccc1OCC(=O)Oc1ccc2cc(C(=O)NC3CCCCC3)c(=O)oc2c1. The van der Waals surface area contributed by atoms with Gasteiger partial charge in [-0.25, -0.2) is 9.59 Å². The van der Waals surface area contributed by atoms with Crippen molar-refractivity contribution in [3.05, 3.63) is 68.5 Å². The number of ether oxygens (including phenoxy) is 2. The van der Waals surface area contributed by atoms with Crippen LogP contribution in [0.3, 0.4) is 0 Å². The zero-order chi connectivity index (χ0) is 25.9. The number of esters is 1. The molecule has 0 saturated heterocycles. The van der Waals surface area contributed by atoms with Crippen LogP contribution in [0.15, 0.2) is 56.1 Å². The van der Waals surface area contributed by atoms with Crippen molar-refractivity contribution in [2.75, 3.05) is 6.61 Å². The number of halogens is 1. The Kier molecular flexibility index (Phi) is 7.83. The Morgan fingerprint density at radius 1 is 1.06 bits per heavy atom. The molecular weight excluding hydrogens is 526 g/mol. The van der Waals surface area contributed by atoms with Crippen molar-refractivity contribution >= 4 is 38.8 Å². The van der Waals surface area contributed by atoms with Gasteiger partial charge in [0.15, 0.2) is 6.61 Å². The number of hydrogen-bond donors (Lipinski definition) is 1. The van der Waals surface area contributed by atoms with Crippen LogP contribution in [0.5, 0.6) is 11.5 Å². The molecule has 0 atom stereocenters. The molecule has 1 saturated carbocycles. The summed E-state index contributed by atoms with van der Waals surface area (Å²) in [4.78, 5) is 37.6. The lowest BCUT2D eigenvalue weighted by atomic mass is 9.86. The van der Waals surface area contributed by atoms with E-state index >= 15 is 0 Å². The molecule has 1 heterocycles. The van der Waals surface area contributed by atoms with E-state index in [1.54, 1.807) is 12.1 Å². The first-order valence-corrected chi connectivity index (χ1v) is 12.9. The van der Waals surface area contributed by atoms with Crippen LogP contribution in [0.4, 0.5) is 0 Å². The highest BCUT2D eigenvalue weighted by Crippen LogP contribution is 2.33. The normalized spacial score (nSPS) is 14.4. The highest BCUT2D eigenvalue weighted by molar-refractivity contribution is 9.10. The molecule has 36 heavy (non-hydrogen) atoms. The Hall–Kier alpha value is -3.13. The maximum Gasteiger partial charge on any atom is 0.349 e. The summed E-state index contributed by atoms with van der Waals surface area (Å²) in [6.07, 6.45) is 5.16. The van der Waals surface area contributed by atoms with E-state index in [1.807, 2.05) is 18.2 Å². The number of amides is 1. The summed E-state index contributed by atoms with van der Waals surface area (Å²) in [5, 5.41) is 3.50. The highest BCUT2D eigenvalue weighted by atomic mass is 79.9. The second-order valence-corrected chi connectivity index (χ2v) is 11.0. The number of hydrogen-bond acceptors (Lipinski definition) is 6. The van der Waals surface area contributed by atoms with Gasteiger partial charge in [0.1, 0.15) is 22.6 Å². The van der Waals surface area contributed by atoms with Gasteiger partial charge in [0.2, 0.25) is 0 Å². The second-order valence-electron chi connectivity index (χ2n) is 10.1. The van der Waals surface area contributed by atoms with Gasteiger partial charge in [0, 0.05) is 27.5 Å². The summed E-state index contributed by atoms with van der Waals surface area (Å²) in [6, 6.07) is 11.9. The molecule has 190 valence electrons. The minimum Gasteiger partial charge on any atom is -0.482 e. The summed E-state index contributed by atoms with van der Waals surface area (Å²) >= 11 is 3.47. The fourth-order valence-electron chi connectivity index (χ4n) is 4.34. The molecule has 0 radical (unpaired) electrons. The third kappa shape index (κ3) is 6.35. The fourth-order valence-corrected chi connectivity index (χ4v) is 4.70. The Morgan fingerprint density at radius 2 is 1.81 bits per heavy atom. The molecule has 8 heteroatoms. The van der Waals surface area contributed by atoms with Crippen LogP contribution in [0, 0.1) is 0 Å². The lowest BCUT2D eigenvalue weighted by molar-refractivity contribution is -0.136. The predicted molar refractivity (Wildman–Crippen MR) is 141 cm³/mol. The van der Waals surface area contributed by atoms with Crippen LogP contribution in [-0.2, 0) is 10.2 Å². The highest BCUT2D eigenvalue weighted by Gasteiger charge is 2.22. The zero-order valence-corrected chi connectivity index (χ0v) is 22.3. The summed E-state index contributed by atoms with van der Waals surface area (Å²) in [5.41, 5.74) is 0.247. The molecule has 7 nitrogen and oxygen atoms in total. The quantitative estimate of drug-likeness (QED) is 0.231. The van der Waals surface area contributed by atoms with Crippen molar-refractivity contribution < 1.29 is 23.5 Å². The summed E-state index contributed by atoms with van der Waals surface area (Å²) in [5.74, 6) is -0.201. The first-order valence-electron chi connectivity index (χ1n) is 12.1. The molecule has 1 aliphatic carbocycles. The van der Waals surface area contributed by atoms with E-state index in [1.165, 1.54) is 18.6 Å². The Morgan fingerprint density at radius 3 is 2.53 bits per heavy atom. The number of benzene rings is 2. The molecule has 1 aromatic heterocycles.